The molecule has 19 heavy (non-hydrogen) atoms. The summed E-state index contributed by atoms with van der Waals surface area (Å²) in [6.07, 6.45) is 6.99. The summed E-state index contributed by atoms with van der Waals surface area (Å²) in [5, 5.41) is 18.4. The Morgan fingerprint density at radius 2 is 2.16 bits per heavy atom. The Morgan fingerprint density at radius 1 is 1.42 bits per heavy atom. The van der Waals surface area contributed by atoms with Gasteiger partial charge in [0.2, 0.25) is 0 Å². The normalized spacial score (nSPS) is 23.5. The summed E-state index contributed by atoms with van der Waals surface area (Å²) < 4.78 is 2.15. The van der Waals surface area contributed by atoms with Crippen molar-refractivity contribution in [1.82, 2.24) is 14.8 Å². The Kier molecular flexibility index (Phi) is 5.15. The summed E-state index contributed by atoms with van der Waals surface area (Å²) >= 11 is 3.15. The van der Waals surface area contributed by atoms with Gasteiger partial charge < -0.3 is 9.67 Å². The Hall–Kier alpha value is -0.690. The van der Waals surface area contributed by atoms with E-state index in [2.05, 4.69) is 21.0 Å². The number of nitrogens with zero attached hydrogens (tertiary/aromatic N) is 3. The van der Waals surface area contributed by atoms with E-state index < -0.39 is 5.97 Å². The smallest absolute Gasteiger partial charge is 0.313 e. The molecule has 0 saturated heterocycles. The van der Waals surface area contributed by atoms with Crippen LogP contribution in [0.4, 0.5) is 0 Å². The minimum atomic E-state index is -0.817. The summed E-state index contributed by atoms with van der Waals surface area (Å²) in [6.45, 7) is 1.95. The fourth-order valence-electron chi connectivity index (χ4n) is 2.60. The quantitative estimate of drug-likeness (QED) is 0.843. The lowest BCUT2D eigenvalue weighted by Crippen LogP contribution is -2.26. The monoisotopic (exact) mass is 301 g/mol. The molecule has 2 atom stereocenters. The van der Waals surface area contributed by atoms with E-state index in [9.17, 15) is 4.79 Å². The molecule has 0 radical (unpaired) electrons. The molecule has 2 rings (SSSR count). The number of rotatable bonds is 5. The van der Waals surface area contributed by atoms with Crippen LogP contribution in [-0.2, 0) is 4.79 Å². The van der Waals surface area contributed by atoms with Gasteiger partial charge >= 0.3 is 5.97 Å². The minimum Gasteiger partial charge on any atom is -0.481 e. The van der Waals surface area contributed by atoms with Gasteiger partial charge in [-0.2, -0.15) is 11.8 Å². The molecule has 1 saturated carbocycles. The molecule has 0 spiro atoms. The van der Waals surface area contributed by atoms with Crippen molar-refractivity contribution < 1.29 is 9.90 Å². The van der Waals surface area contributed by atoms with Crippen molar-refractivity contribution in [2.75, 3.05) is 12.0 Å². The summed E-state index contributed by atoms with van der Waals surface area (Å²) in [5.74, 6) is 0.107. The van der Waals surface area contributed by atoms with E-state index in [-0.39, 0.29) is 5.75 Å². The highest BCUT2D eigenvalue weighted by Gasteiger charge is 2.29. The zero-order chi connectivity index (χ0) is 13.8. The summed E-state index contributed by atoms with van der Waals surface area (Å²) in [7, 11) is 0. The predicted octanol–water partition coefficient (Wildman–Crippen LogP) is 2.61. The third-order valence-electron chi connectivity index (χ3n) is 3.46. The first-order valence-corrected chi connectivity index (χ1v) is 8.69. The Balaban J connectivity index is 2.21. The van der Waals surface area contributed by atoms with Crippen molar-refractivity contribution >= 4 is 29.5 Å². The van der Waals surface area contributed by atoms with Crippen LogP contribution in [0.1, 0.15) is 37.5 Å². The van der Waals surface area contributed by atoms with Gasteiger partial charge in [0.1, 0.15) is 5.82 Å². The summed E-state index contributed by atoms with van der Waals surface area (Å²) in [4.78, 5) is 10.7. The SMILES string of the molecule is CSC1CCCCC1n1c(C)nnc1SCC(=O)O. The first-order valence-electron chi connectivity index (χ1n) is 6.42. The zero-order valence-corrected chi connectivity index (χ0v) is 12.8. The molecule has 106 valence electrons. The van der Waals surface area contributed by atoms with Gasteiger partial charge in [-0.05, 0) is 26.0 Å². The Bertz CT molecular complexity index is 450. The molecule has 1 aromatic rings. The predicted molar refractivity (Wildman–Crippen MR) is 77.9 cm³/mol. The molecule has 0 bridgehead atoms. The lowest BCUT2D eigenvalue weighted by Gasteiger charge is -2.32. The van der Waals surface area contributed by atoms with Crippen LogP contribution >= 0.6 is 23.5 Å². The topological polar surface area (TPSA) is 68.0 Å². The molecule has 7 heteroatoms. The average molecular weight is 301 g/mol. The molecule has 1 heterocycles. The van der Waals surface area contributed by atoms with Crippen molar-refractivity contribution in [3.8, 4) is 0 Å². The molecule has 2 unspecified atom stereocenters. The number of aliphatic carboxylic acids is 1. The van der Waals surface area contributed by atoms with Gasteiger partial charge in [0.05, 0.1) is 5.75 Å². The highest BCUT2D eigenvalue weighted by atomic mass is 32.2. The second kappa shape index (κ2) is 6.65. The number of hydrogen-bond donors (Lipinski definition) is 1. The molecule has 0 aromatic carbocycles. The zero-order valence-electron chi connectivity index (χ0n) is 11.2. The molecular formula is C12H19N3O2S2. The van der Waals surface area contributed by atoms with E-state index in [1.807, 2.05) is 18.7 Å². The molecular weight excluding hydrogens is 282 g/mol. The molecule has 1 fully saturated rings. The minimum absolute atomic E-state index is 0.0365. The maximum Gasteiger partial charge on any atom is 0.313 e. The van der Waals surface area contributed by atoms with Gasteiger partial charge in [0.15, 0.2) is 5.16 Å². The van der Waals surface area contributed by atoms with Crippen LogP contribution in [0.25, 0.3) is 0 Å². The summed E-state index contributed by atoms with van der Waals surface area (Å²) in [6, 6.07) is 0.398. The molecule has 1 aliphatic rings. The maximum atomic E-state index is 10.7. The second-order valence-electron chi connectivity index (χ2n) is 4.71. The van der Waals surface area contributed by atoms with Gasteiger partial charge in [-0.25, -0.2) is 0 Å². The van der Waals surface area contributed by atoms with Gasteiger partial charge in [0.25, 0.3) is 0 Å². The lowest BCUT2D eigenvalue weighted by molar-refractivity contribution is -0.133. The first kappa shape index (κ1) is 14.7. The maximum absolute atomic E-state index is 10.7. The van der Waals surface area contributed by atoms with Crippen LogP contribution in [0.2, 0.25) is 0 Å². The number of carboxylic acid groups (broad SMARTS) is 1. The van der Waals surface area contributed by atoms with Gasteiger partial charge in [-0.15, -0.1) is 10.2 Å². The van der Waals surface area contributed by atoms with Crippen molar-refractivity contribution in [1.29, 1.82) is 0 Å². The van der Waals surface area contributed by atoms with Crippen molar-refractivity contribution in [3.63, 3.8) is 0 Å². The van der Waals surface area contributed by atoms with Crippen molar-refractivity contribution in [3.05, 3.63) is 5.82 Å². The number of aryl methyl sites for hydroxylation is 1. The number of aromatic nitrogens is 3. The van der Waals surface area contributed by atoms with Crippen LogP contribution in [0.3, 0.4) is 0 Å². The Labute approximate surface area is 121 Å². The van der Waals surface area contributed by atoms with E-state index in [1.165, 1.54) is 31.0 Å². The lowest BCUT2D eigenvalue weighted by atomic mass is 9.94. The van der Waals surface area contributed by atoms with Gasteiger partial charge in [-0.3, -0.25) is 4.79 Å². The van der Waals surface area contributed by atoms with E-state index in [0.717, 1.165) is 17.4 Å². The molecule has 0 amide bonds. The summed E-state index contributed by atoms with van der Waals surface area (Å²) in [5.41, 5.74) is 0. The third-order valence-corrected chi connectivity index (χ3v) is 5.55. The highest BCUT2D eigenvalue weighted by molar-refractivity contribution is 7.99. The number of thioether (sulfide) groups is 2. The average Bonchev–Trinajstić information content (AvgIpc) is 2.77. The standard InChI is InChI=1S/C12H19N3O2S2/c1-8-13-14-12(19-7-11(16)17)15(8)9-5-3-4-6-10(9)18-2/h9-10H,3-7H2,1-2H3,(H,16,17). The fraction of sp³-hybridized carbons (Fsp3) is 0.750. The van der Waals surface area contributed by atoms with Crippen LogP contribution < -0.4 is 0 Å². The van der Waals surface area contributed by atoms with Gasteiger partial charge in [-0.1, -0.05) is 24.6 Å². The van der Waals surface area contributed by atoms with Crippen molar-refractivity contribution in [2.24, 2.45) is 0 Å². The number of carboxylic acids is 1. The van der Waals surface area contributed by atoms with E-state index in [1.54, 1.807) is 0 Å². The molecule has 1 N–H and O–H groups in total. The fourth-order valence-corrected chi connectivity index (χ4v) is 4.34. The van der Waals surface area contributed by atoms with Crippen LogP contribution in [0.5, 0.6) is 0 Å². The van der Waals surface area contributed by atoms with Crippen LogP contribution in [0.15, 0.2) is 5.16 Å². The van der Waals surface area contributed by atoms with E-state index in [0.29, 0.717) is 11.3 Å². The number of hydrogen-bond acceptors (Lipinski definition) is 5. The first-order chi connectivity index (χ1) is 9.13. The Morgan fingerprint density at radius 3 is 2.84 bits per heavy atom. The molecule has 0 aliphatic heterocycles. The molecule has 5 nitrogen and oxygen atoms in total. The van der Waals surface area contributed by atoms with Crippen molar-refractivity contribution in [2.45, 2.75) is 49.1 Å². The molecule has 1 aromatic heterocycles. The number of carbonyl (C=O) groups is 1. The van der Waals surface area contributed by atoms with E-state index in [4.69, 9.17) is 5.11 Å². The molecule has 1 aliphatic carbocycles. The third kappa shape index (κ3) is 3.45. The van der Waals surface area contributed by atoms with Crippen LogP contribution in [-0.4, -0.2) is 43.1 Å². The largest absolute Gasteiger partial charge is 0.481 e. The van der Waals surface area contributed by atoms with Gasteiger partial charge in [0, 0.05) is 11.3 Å². The second-order valence-corrected chi connectivity index (χ2v) is 6.73. The van der Waals surface area contributed by atoms with E-state index >= 15 is 0 Å². The van der Waals surface area contributed by atoms with Crippen LogP contribution in [0, 0.1) is 6.92 Å². The highest BCUT2D eigenvalue weighted by Crippen LogP contribution is 2.38.